The summed E-state index contributed by atoms with van der Waals surface area (Å²) in [5.41, 5.74) is 0.302. The van der Waals surface area contributed by atoms with E-state index in [9.17, 15) is 20.1 Å². The lowest BCUT2D eigenvalue weighted by atomic mass is 10.0. The van der Waals surface area contributed by atoms with Crippen molar-refractivity contribution in [1.29, 1.82) is 0 Å². The van der Waals surface area contributed by atoms with E-state index in [-0.39, 0.29) is 37.8 Å². The summed E-state index contributed by atoms with van der Waals surface area (Å²) in [4.78, 5) is 24.4. The van der Waals surface area contributed by atoms with Crippen LogP contribution in [0.3, 0.4) is 0 Å². The standard InChI is InChI=1S/C21H25N5O5S/c1-11-16(19-24-13-4-2-3-5-14(13)32-19)18(25-20(23-11)22-9-7-15(28)29)26-21(31)8-6-12(10-27)17(21)30/h2-5,12,17,27,30-31H,6-10H2,1H3,(H,28,29)(H2,22,23,25,26)/t12-,17-,21-/m1/s1. The van der Waals surface area contributed by atoms with Gasteiger partial charge in [-0.3, -0.25) is 4.79 Å². The number of nitrogens with one attached hydrogen (secondary N) is 2. The average molecular weight is 460 g/mol. The Hall–Kier alpha value is -2.86. The van der Waals surface area contributed by atoms with Gasteiger partial charge in [-0.15, -0.1) is 11.3 Å². The van der Waals surface area contributed by atoms with Crippen LogP contribution in [0.5, 0.6) is 0 Å². The van der Waals surface area contributed by atoms with E-state index >= 15 is 0 Å². The van der Waals surface area contributed by atoms with E-state index in [2.05, 4.69) is 25.6 Å². The lowest BCUT2D eigenvalue weighted by molar-refractivity contribution is -0.136. The van der Waals surface area contributed by atoms with Crippen molar-refractivity contribution < 1.29 is 25.2 Å². The maximum atomic E-state index is 11.1. The fraction of sp³-hybridized carbons (Fsp3) is 0.429. The first-order valence-corrected chi connectivity index (χ1v) is 11.1. The van der Waals surface area contributed by atoms with Gasteiger partial charge in [-0.25, -0.2) is 9.97 Å². The Bertz CT molecular complexity index is 1110. The second kappa shape index (κ2) is 8.94. The van der Waals surface area contributed by atoms with Crippen LogP contribution in [0, 0.1) is 12.8 Å². The minimum atomic E-state index is -1.68. The van der Waals surface area contributed by atoms with Crippen molar-refractivity contribution in [1.82, 2.24) is 15.0 Å². The number of rotatable bonds is 8. The van der Waals surface area contributed by atoms with Crippen molar-refractivity contribution in [3.63, 3.8) is 0 Å². The van der Waals surface area contributed by atoms with Crippen LogP contribution in [0.1, 0.15) is 25.0 Å². The summed E-state index contributed by atoms with van der Waals surface area (Å²) in [7, 11) is 0. The highest BCUT2D eigenvalue weighted by molar-refractivity contribution is 7.21. The molecule has 32 heavy (non-hydrogen) atoms. The monoisotopic (exact) mass is 459 g/mol. The zero-order valence-electron chi connectivity index (χ0n) is 17.4. The van der Waals surface area contributed by atoms with Crippen molar-refractivity contribution in [2.45, 2.75) is 38.0 Å². The van der Waals surface area contributed by atoms with Gasteiger partial charge < -0.3 is 31.1 Å². The summed E-state index contributed by atoms with van der Waals surface area (Å²) in [5, 5.41) is 46.6. The molecule has 0 saturated heterocycles. The highest BCUT2D eigenvalue weighted by Crippen LogP contribution is 2.40. The zero-order chi connectivity index (χ0) is 22.9. The van der Waals surface area contributed by atoms with Crippen LogP contribution in [0.2, 0.25) is 0 Å². The summed E-state index contributed by atoms with van der Waals surface area (Å²) in [6, 6.07) is 7.69. The molecule has 0 unspecified atom stereocenters. The van der Waals surface area contributed by atoms with Crippen molar-refractivity contribution >= 4 is 39.3 Å². The SMILES string of the molecule is Cc1nc(NCCC(=O)O)nc(N[C@@]2(O)CC[C@H](CO)[C@H]2O)c1-c1nc2ccccc2s1. The van der Waals surface area contributed by atoms with Gasteiger partial charge >= 0.3 is 5.97 Å². The Labute approximate surface area is 188 Å². The van der Waals surface area contributed by atoms with E-state index < -0.39 is 23.7 Å². The van der Waals surface area contributed by atoms with E-state index in [1.165, 1.54) is 11.3 Å². The number of nitrogens with zero attached hydrogens (tertiary/aromatic N) is 3. The molecule has 1 fully saturated rings. The van der Waals surface area contributed by atoms with E-state index in [0.717, 1.165) is 10.2 Å². The molecule has 3 atom stereocenters. The quantitative estimate of drug-likeness (QED) is 0.274. The van der Waals surface area contributed by atoms with Crippen LogP contribution in [-0.2, 0) is 4.79 Å². The largest absolute Gasteiger partial charge is 0.481 e. The van der Waals surface area contributed by atoms with Crippen molar-refractivity contribution in [3.05, 3.63) is 30.0 Å². The molecule has 11 heteroatoms. The van der Waals surface area contributed by atoms with Crippen LogP contribution >= 0.6 is 11.3 Å². The van der Waals surface area contributed by atoms with Gasteiger partial charge in [0.15, 0.2) is 5.72 Å². The molecule has 0 aliphatic heterocycles. The molecule has 0 bridgehead atoms. The summed E-state index contributed by atoms with van der Waals surface area (Å²) >= 11 is 1.46. The minimum absolute atomic E-state index is 0.106. The van der Waals surface area contributed by atoms with Gasteiger partial charge in [0.05, 0.1) is 27.9 Å². The number of hydrogen-bond donors (Lipinski definition) is 6. The van der Waals surface area contributed by atoms with Gasteiger partial charge in [-0.05, 0) is 31.9 Å². The second-order valence-corrected chi connectivity index (χ2v) is 8.92. The van der Waals surface area contributed by atoms with Crippen molar-refractivity contribution in [3.8, 4) is 10.6 Å². The zero-order valence-corrected chi connectivity index (χ0v) is 18.3. The molecule has 3 aromatic rings. The average Bonchev–Trinajstić information content (AvgIpc) is 3.28. The number of para-hydroxylation sites is 1. The van der Waals surface area contributed by atoms with Gasteiger partial charge in [0, 0.05) is 19.1 Å². The third kappa shape index (κ3) is 4.37. The molecule has 6 N–H and O–H groups in total. The number of carboxylic acid groups (broad SMARTS) is 1. The third-order valence-corrected chi connectivity index (χ3v) is 6.67. The molecule has 1 aromatic carbocycles. The lowest BCUT2D eigenvalue weighted by Gasteiger charge is -2.31. The number of aryl methyl sites for hydroxylation is 1. The molecule has 0 spiro atoms. The summed E-state index contributed by atoms with van der Waals surface area (Å²) in [6.07, 6.45) is -0.616. The topological polar surface area (TPSA) is 161 Å². The summed E-state index contributed by atoms with van der Waals surface area (Å²) in [5.74, 6) is -0.924. The summed E-state index contributed by atoms with van der Waals surface area (Å²) in [6.45, 7) is 1.68. The van der Waals surface area contributed by atoms with E-state index in [4.69, 9.17) is 5.11 Å². The number of aliphatic hydroxyl groups excluding tert-OH is 2. The molecule has 4 rings (SSSR count). The first-order chi connectivity index (χ1) is 15.3. The number of aliphatic hydroxyl groups is 3. The Kier molecular flexibility index (Phi) is 6.24. The van der Waals surface area contributed by atoms with Crippen LogP contribution in [-0.4, -0.2) is 66.3 Å². The molecule has 1 saturated carbocycles. The molecular formula is C21H25N5O5S. The fourth-order valence-electron chi connectivity index (χ4n) is 3.89. The Morgan fingerprint density at radius 2 is 2.06 bits per heavy atom. The molecule has 1 aliphatic rings. The van der Waals surface area contributed by atoms with Crippen LogP contribution in [0.4, 0.5) is 11.8 Å². The van der Waals surface area contributed by atoms with Crippen molar-refractivity contribution in [2.24, 2.45) is 5.92 Å². The number of benzene rings is 1. The van der Waals surface area contributed by atoms with Gasteiger partial charge in [-0.1, -0.05) is 12.1 Å². The first kappa shape index (κ1) is 22.3. The molecule has 0 radical (unpaired) electrons. The second-order valence-electron chi connectivity index (χ2n) is 7.89. The van der Waals surface area contributed by atoms with E-state index in [1.807, 2.05) is 24.3 Å². The number of anilines is 2. The van der Waals surface area contributed by atoms with Gasteiger partial charge in [0.1, 0.15) is 16.9 Å². The lowest BCUT2D eigenvalue weighted by Crippen LogP contribution is -2.48. The maximum absolute atomic E-state index is 11.1. The smallest absolute Gasteiger partial charge is 0.305 e. The molecule has 10 nitrogen and oxygen atoms in total. The van der Waals surface area contributed by atoms with Crippen LogP contribution < -0.4 is 10.6 Å². The maximum Gasteiger partial charge on any atom is 0.305 e. The number of carbonyl (C=O) groups is 1. The number of carboxylic acids is 1. The predicted octanol–water partition coefficient (Wildman–Crippen LogP) is 1.81. The predicted molar refractivity (Wildman–Crippen MR) is 121 cm³/mol. The normalized spacial score (nSPS) is 22.9. The highest BCUT2D eigenvalue weighted by atomic mass is 32.1. The van der Waals surface area contributed by atoms with Gasteiger partial charge in [-0.2, -0.15) is 4.98 Å². The van der Waals surface area contributed by atoms with E-state index in [1.54, 1.807) is 6.92 Å². The van der Waals surface area contributed by atoms with Crippen LogP contribution in [0.15, 0.2) is 24.3 Å². The van der Waals surface area contributed by atoms with Crippen molar-refractivity contribution in [2.75, 3.05) is 23.8 Å². The molecular weight excluding hydrogens is 434 g/mol. The molecule has 1 aliphatic carbocycles. The number of aliphatic carboxylic acids is 1. The number of aromatic nitrogens is 3. The number of thiazole rings is 1. The highest BCUT2D eigenvalue weighted by Gasteiger charge is 2.47. The van der Waals surface area contributed by atoms with Gasteiger partial charge in [0.2, 0.25) is 5.95 Å². The molecule has 2 aromatic heterocycles. The Balaban J connectivity index is 1.75. The molecule has 2 heterocycles. The van der Waals surface area contributed by atoms with Gasteiger partial charge in [0.25, 0.3) is 0 Å². The number of hydrogen-bond acceptors (Lipinski definition) is 10. The first-order valence-electron chi connectivity index (χ1n) is 10.3. The Morgan fingerprint density at radius 1 is 1.28 bits per heavy atom. The van der Waals surface area contributed by atoms with E-state index in [0.29, 0.717) is 22.7 Å². The number of fused-ring (bicyclic) bond motifs is 1. The van der Waals surface area contributed by atoms with Crippen LogP contribution in [0.25, 0.3) is 20.8 Å². The summed E-state index contributed by atoms with van der Waals surface area (Å²) < 4.78 is 0.983. The Morgan fingerprint density at radius 3 is 2.75 bits per heavy atom. The third-order valence-electron chi connectivity index (χ3n) is 5.62. The fourth-order valence-corrected chi connectivity index (χ4v) is 4.96. The molecule has 170 valence electrons. The minimum Gasteiger partial charge on any atom is -0.481 e. The molecule has 0 amide bonds.